The van der Waals surface area contributed by atoms with Crippen LogP contribution >= 0.6 is 11.6 Å². The van der Waals surface area contributed by atoms with Crippen molar-refractivity contribution < 1.29 is 38.9 Å². The molecule has 0 bridgehead atoms. The molecule has 2 aromatic carbocycles. The number of hydrogen-bond donors (Lipinski definition) is 1. The summed E-state index contributed by atoms with van der Waals surface area (Å²) in [6.07, 6.45) is 3.89. The van der Waals surface area contributed by atoms with Gasteiger partial charge in [-0.25, -0.2) is 0 Å². The fourth-order valence-corrected chi connectivity index (χ4v) is 5.35. The zero-order valence-electron chi connectivity index (χ0n) is 24.9. The van der Waals surface area contributed by atoms with Crippen molar-refractivity contribution in [2.75, 3.05) is 51.3 Å². The van der Waals surface area contributed by atoms with E-state index in [2.05, 4.69) is 31.5 Å². The normalized spacial score (nSPS) is 10.8. The molecule has 0 aliphatic heterocycles. The molecule has 0 aliphatic rings. The van der Waals surface area contributed by atoms with Crippen molar-refractivity contribution in [2.45, 2.75) is 39.0 Å². The number of nitrogens with one attached hydrogen (secondary N) is 1. The van der Waals surface area contributed by atoms with Crippen molar-refractivity contribution in [3.63, 3.8) is 0 Å². The molecule has 0 aliphatic carbocycles. The number of carbonyl (C=O) groups excluding carboxylic acids is 3. The van der Waals surface area contributed by atoms with Gasteiger partial charge in [0.15, 0.2) is 0 Å². The van der Waals surface area contributed by atoms with Gasteiger partial charge >= 0.3 is 19.8 Å². The van der Waals surface area contributed by atoms with Crippen LogP contribution in [0.5, 0.6) is 5.75 Å². The SMILES string of the molecule is COc1ccc2c(c1)c(CC(=O)NCCCCCCN(CC[S-])CC(=O)[N-]CC[S-])c(C)n2C(=O)c1ccc(Cl)cc1.[O]=[Cu]. The molecular weight excluding hydrogens is 671 g/mol. The molecule has 3 aromatic rings. The van der Waals surface area contributed by atoms with Crippen molar-refractivity contribution in [1.82, 2.24) is 14.8 Å². The predicted molar refractivity (Wildman–Crippen MR) is 174 cm³/mol. The number of nitrogens with zero attached hydrogens (tertiary/aromatic N) is 3. The number of unbranched alkanes of at least 4 members (excludes halogenated alkanes) is 3. The first-order valence-electron chi connectivity index (χ1n) is 14.2. The number of aromatic nitrogens is 1. The second-order valence-electron chi connectivity index (χ2n) is 10.00. The molecule has 1 aromatic heterocycles. The average Bonchev–Trinajstić information content (AvgIpc) is 3.30. The minimum atomic E-state index is -0.188. The fraction of sp³-hybridized carbons (Fsp3) is 0.452. The van der Waals surface area contributed by atoms with Crippen molar-refractivity contribution >= 4 is 65.5 Å². The number of benzene rings is 2. The van der Waals surface area contributed by atoms with E-state index < -0.39 is 0 Å². The molecule has 2 amide bonds. The minimum absolute atomic E-state index is 0.100. The molecule has 0 spiro atoms. The van der Waals surface area contributed by atoms with E-state index in [0.717, 1.165) is 48.7 Å². The topological polar surface area (TPSA) is 112 Å². The Bertz CT molecular complexity index is 1370. The third-order valence-electron chi connectivity index (χ3n) is 7.04. The summed E-state index contributed by atoms with van der Waals surface area (Å²) in [6, 6.07) is 12.3. The summed E-state index contributed by atoms with van der Waals surface area (Å²) in [5, 5.41) is 8.34. The van der Waals surface area contributed by atoms with Crippen molar-refractivity contribution in [2.24, 2.45) is 0 Å². The number of ether oxygens (including phenoxy) is 1. The van der Waals surface area contributed by atoms with Gasteiger partial charge in [-0.05, 0) is 80.9 Å². The van der Waals surface area contributed by atoms with Gasteiger partial charge in [-0.1, -0.05) is 24.4 Å². The number of rotatable bonds is 17. The second kappa shape index (κ2) is 20.6. The van der Waals surface area contributed by atoms with E-state index in [9.17, 15) is 14.4 Å². The Morgan fingerprint density at radius 1 is 1.00 bits per heavy atom. The summed E-state index contributed by atoms with van der Waals surface area (Å²) >= 11 is 18.9. The Balaban J connectivity index is 0.00000330. The van der Waals surface area contributed by atoms with Gasteiger partial charge in [0.05, 0.1) is 25.0 Å². The van der Waals surface area contributed by atoms with Crippen LogP contribution in [-0.2, 0) is 61.0 Å². The Hall–Kier alpha value is -2.34. The van der Waals surface area contributed by atoms with Crippen LogP contribution in [-0.4, -0.2) is 78.5 Å². The van der Waals surface area contributed by atoms with Crippen LogP contribution < -0.4 is 10.1 Å². The predicted octanol–water partition coefficient (Wildman–Crippen LogP) is 4.69. The van der Waals surface area contributed by atoms with Gasteiger partial charge in [-0.3, -0.25) is 19.1 Å². The van der Waals surface area contributed by atoms with Crippen molar-refractivity contribution in [3.05, 3.63) is 69.6 Å². The van der Waals surface area contributed by atoms with Crippen molar-refractivity contribution in [3.8, 4) is 5.75 Å². The van der Waals surface area contributed by atoms with Gasteiger partial charge in [0.1, 0.15) is 5.75 Å². The number of fused-ring (bicyclic) bond motifs is 1. The monoisotopic (exact) mass is 708 g/mol. The van der Waals surface area contributed by atoms with Gasteiger partial charge in [0, 0.05) is 34.8 Å². The van der Waals surface area contributed by atoms with E-state index in [4.69, 9.17) is 45.4 Å². The molecule has 13 heteroatoms. The van der Waals surface area contributed by atoms with E-state index in [0.29, 0.717) is 53.2 Å². The average molecular weight is 710 g/mol. The third-order valence-corrected chi connectivity index (χ3v) is 7.66. The summed E-state index contributed by atoms with van der Waals surface area (Å²) in [4.78, 5) is 40.4. The van der Waals surface area contributed by atoms with Gasteiger partial charge in [-0.2, -0.15) is 18.1 Å². The number of amides is 2. The summed E-state index contributed by atoms with van der Waals surface area (Å²) < 4.78 is 14.9. The van der Waals surface area contributed by atoms with Gasteiger partial charge < -0.3 is 45.4 Å². The summed E-state index contributed by atoms with van der Waals surface area (Å²) in [6.45, 7) is 4.58. The van der Waals surface area contributed by atoms with E-state index in [1.165, 1.54) is 0 Å². The molecule has 0 saturated carbocycles. The molecule has 1 heterocycles. The van der Waals surface area contributed by atoms with Crippen LogP contribution in [0.25, 0.3) is 16.2 Å². The zero-order chi connectivity index (χ0) is 32.5. The quantitative estimate of drug-likeness (QED) is 0.122. The number of halogens is 1. The molecule has 0 saturated heterocycles. The number of hydrogen-bond acceptors (Lipinski definition) is 8. The molecular formula is C31H38ClCuN4O5S2-3. The number of carbonyl (C=O) groups is 3. The molecule has 0 radical (unpaired) electrons. The number of methoxy groups -OCH3 is 1. The molecule has 245 valence electrons. The van der Waals surface area contributed by atoms with Crippen LogP contribution in [0.2, 0.25) is 5.02 Å². The molecule has 9 nitrogen and oxygen atoms in total. The van der Waals surface area contributed by atoms with Gasteiger partial charge in [-0.15, -0.1) is 0 Å². The molecule has 0 atom stereocenters. The molecule has 1 N–H and O–H groups in total. The second-order valence-corrected chi connectivity index (χ2v) is 11.2. The van der Waals surface area contributed by atoms with Crippen molar-refractivity contribution in [1.29, 1.82) is 0 Å². The summed E-state index contributed by atoms with van der Waals surface area (Å²) in [5.74, 6) is 1.24. The maximum atomic E-state index is 13.5. The van der Waals surface area contributed by atoms with E-state index in [1.54, 1.807) is 35.9 Å². The zero-order valence-corrected chi connectivity index (χ0v) is 28.2. The van der Waals surface area contributed by atoms with E-state index in [1.807, 2.05) is 25.1 Å². The van der Waals surface area contributed by atoms with E-state index in [-0.39, 0.29) is 30.7 Å². The first-order valence-corrected chi connectivity index (χ1v) is 16.2. The summed E-state index contributed by atoms with van der Waals surface area (Å²) in [7, 11) is 1.59. The molecule has 0 unspecified atom stereocenters. The first kappa shape index (κ1) is 37.8. The summed E-state index contributed by atoms with van der Waals surface area (Å²) in [5.41, 5.74) is 2.73. The standard InChI is InChI=1S/C31H41ClN4O4S2.Cu.O/c1-22-26(20-29(37)33-13-5-3-4-6-15-35(16-18-42)21-30(38)34-14-17-41)27-19-25(40-2)11-12-28(27)36(22)31(39)23-7-9-24(32)10-8-23;;/h7-12,19H,3-6,13-18,20-21H2,1-2H3,(H4,33,34,37,38,41,42);;/p-3. The van der Waals surface area contributed by atoms with Crippen LogP contribution in [0.4, 0.5) is 0 Å². The Morgan fingerprint density at radius 2 is 1.70 bits per heavy atom. The fourth-order valence-electron chi connectivity index (χ4n) is 4.87. The Labute approximate surface area is 283 Å². The third kappa shape index (κ3) is 11.5. The van der Waals surface area contributed by atoms with E-state index >= 15 is 0 Å². The molecule has 44 heavy (non-hydrogen) atoms. The van der Waals surface area contributed by atoms with Crippen LogP contribution in [0.15, 0.2) is 42.5 Å². The maximum absolute atomic E-state index is 13.5. The van der Waals surface area contributed by atoms with Gasteiger partial charge in [0.25, 0.3) is 5.91 Å². The Morgan fingerprint density at radius 3 is 2.36 bits per heavy atom. The molecule has 3 rings (SSSR count). The Kier molecular flexibility index (Phi) is 17.8. The van der Waals surface area contributed by atoms with Gasteiger partial charge in [0.2, 0.25) is 5.91 Å². The van der Waals surface area contributed by atoms with Crippen LogP contribution in [0, 0.1) is 6.92 Å². The van der Waals surface area contributed by atoms with Crippen LogP contribution in [0.1, 0.15) is 47.3 Å². The van der Waals surface area contributed by atoms with Crippen LogP contribution in [0.3, 0.4) is 0 Å². The first-order chi connectivity index (χ1) is 21.3. The molecule has 0 fully saturated rings.